The molecule has 0 aromatic rings. The van der Waals surface area contributed by atoms with Gasteiger partial charge in [0.2, 0.25) is 0 Å². The molecule has 0 saturated heterocycles. The lowest BCUT2D eigenvalue weighted by molar-refractivity contribution is 0.0847. The van der Waals surface area contributed by atoms with Gasteiger partial charge in [-0.1, -0.05) is 27.2 Å². The van der Waals surface area contributed by atoms with E-state index in [1.54, 1.807) is 0 Å². The zero-order chi connectivity index (χ0) is 12.5. The predicted molar refractivity (Wildman–Crippen MR) is 74.2 cm³/mol. The Labute approximate surface area is 107 Å². The highest BCUT2D eigenvalue weighted by molar-refractivity contribution is 4.95. The summed E-state index contributed by atoms with van der Waals surface area (Å²) in [6.45, 7) is 9.54. The summed E-state index contributed by atoms with van der Waals surface area (Å²) in [5, 5.41) is 3.76. The highest BCUT2D eigenvalue weighted by Gasteiger charge is 2.39. The van der Waals surface area contributed by atoms with Crippen LogP contribution in [0.1, 0.15) is 52.9 Å². The van der Waals surface area contributed by atoms with Gasteiger partial charge in [-0.2, -0.15) is 0 Å². The maximum absolute atomic E-state index is 3.76. The number of nitrogens with one attached hydrogen (secondary N) is 1. The first-order valence-electron chi connectivity index (χ1n) is 7.48. The molecule has 2 saturated carbocycles. The third-order valence-corrected chi connectivity index (χ3v) is 4.83. The molecule has 0 aromatic carbocycles. The number of nitrogens with zero attached hydrogens (tertiary/aromatic N) is 1. The average Bonchev–Trinajstić information content (AvgIpc) is 3.06. The van der Waals surface area contributed by atoms with Crippen molar-refractivity contribution in [3.63, 3.8) is 0 Å². The van der Waals surface area contributed by atoms with Crippen LogP contribution in [0.2, 0.25) is 0 Å². The molecular weight excluding hydrogens is 208 g/mol. The Kier molecular flexibility index (Phi) is 4.14. The van der Waals surface area contributed by atoms with Gasteiger partial charge in [0.15, 0.2) is 0 Å². The van der Waals surface area contributed by atoms with Crippen molar-refractivity contribution in [1.82, 2.24) is 10.2 Å². The van der Waals surface area contributed by atoms with Crippen LogP contribution in [-0.4, -0.2) is 37.1 Å². The molecule has 2 aliphatic carbocycles. The van der Waals surface area contributed by atoms with Crippen LogP contribution in [0.15, 0.2) is 0 Å². The van der Waals surface area contributed by atoms with Gasteiger partial charge in [-0.05, 0) is 50.6 Å². The minimum atomic E-state index is 0.476. The van der Waals surface area contributed by atoms with E-state index in [9.17, 15) is 0 Å². The number of hydrogen-bond donors (Lipinski definition) is 1. The largest absolute Gasteiger partial charge is 0.313 e. The monoisotopic (exact) mass is 238 g/mol. The van der Waals surface area contributed by atoms with E-state index >= 15 is 0 Å². The first-order chi connectivity index (χ1) is 8.04. The zero-order valence-corrected chi connectivity index (χ0v) is 12.1. The Balaban J connectivity index is 1.96. The minimum absolute atomic E-state index is 0.476. The predicted octanol–water partition coefficient (Wildman–Crippen LogP) is 2.89. The van der Waals surface area contributed by atoms with Crippen LogP contribution in [-0.2, 0) is 0 Å². The second-order valence-electron chi connectivity index (χ2n) is 6.85. The van der Waals surface area contributed by atoms with Crippen molar-refractivity contribution in [3.05, 3.63) is 0 Å². The van der Waals surface area contributed by atoms with Gasteiger partial charge in [0.05, 0.1) is 0 Å². The van der Waals surface area contributed by atoms with Crippen molar-refractivity contribution < 1.29 is 0 Å². The smallest absolute Gasteiger partial charge is 0.0159 e. The molecule has 0 aromatic heterocycles. The second kappa shape index (κ2) is 5.27. The van der Waals surface area contributed by atoms with Gasteiger partial charge < -0.3 is 10.2 Å². The van der Waals surface area contributed by atoms with Crippen LogP contribution < -0.4 is 5.32 Å². The van der Waals surface area contributed by atoms with E-state index < -0.39 is 0 Å². The van der Waals surface area contributed by atoms with Gasteiger partial charge >= 0.3 is 0 Å². The summed E-state index contributed by atoms with van der Waals surface area (Å²) >= 11 is 0. The van der Waals surface area contributed by atoms with E-state index in [0.717, 1.165) is 18.5 Å². The first kappa shape index (κ1) is 13.4. The molecule has 2 fully saturated rings. The average molecular weight is 238 g/mol. The van der Waals surface area contributed by atoms with Crippen molar-refractivity contribution in [1.29, 1.82) is 0 Å². The molecule has 2 heteroatoms. The first-order valence-corrected chi connectivity index (χ1v) is 7.48. The van der Waals surface area contributed by atoms with E-state index in [0.29, 0.717) is 11.5 Å². The van der Waals surface area contributed by atoms with Gasteiger partial charge in [-0.25, -0.2) is 0 Å². The van der Waals surface area contributed by atoms with Crippen LogP contribution in [0.4, 0.5) is 0 Å². The third-order valence-electron chi connectivity index (χ3n) is 4.83. The molecule has 0 radical (unpaired) electrons. The van der Waals surface area contributed by atoms with Gasteiger partial charge in [0.25, 0.3) is 0 Å². The summed E-state index contributed by atoms with van der Waals surface area (Å²) in [4.78, 5) is 2.61. The molecule has 0 heterocycles. The van der Waals surface area contributed by atoms with Crippen LogP contribution >= 0.6 is 0 Å². The highest BCUT2D eigenvalue weighted by Crippen LogP contribution is 2.40. The van der Waals surface area contributed by atoms with Crippen LogP contribution in [0.25, 0.3) is 0 Å². The lowest BCUT2D eigenvalue weighted by Gasteiger charge is -2.45. The van der Waals surface area contributed by atoms with Crippen molar-refractivity contribution in [2.75, 3.05) is 20.1 Å². The molecule has 2 rings (SSSR count). The summed E-state index contributed by atoms with van der Waals surface area (Å²) in [6, 6.07) is 1.62. The Morgan fingerprint density at radius 1 is 1.24 bits per heavy atom. The quantitative estimate of drug-likeness (QED) is 0.792. The van der Waals surface area contributed by atoms with E-state index in [2.05, 4.69) is 38.0 Å². The molecule has 2 unspecified atom stereocenters. The fraction of sp³-hybridized carbons (Fsp3) is 1.00. The molecule has 0 bridgehead atoms. The normalized spacial score (nSPS) is 33.0. The molecule has 1 N–H and O–H groups in total. The van der Waals surface area contributed by atoms with Crippen molar-refractivity contribution >= 4 is 0 Å². The van der Waals surface area contributed by atoms with E-state index in [1.165, 1.54) is 38.6 Å². The van der Waals surface area contributed by atoms with Crippen LogP contribution in [0, 0.1) is 11.3 Å². The van der Waals surface area contributed by atoms with E-state index in [-0.39, 0.29) is 0 Å². The Hall–Kier alpha value is -0.0800. The molecule has 0 amide bonds. The SMILES string of the molecule is CCNC1C(CN(C)C2CC2)CCCC1(C)C. The van der Waals surface area contributed by atoms with Gasteiger partial charge in [0, 0.05) is 18.6 Å². The van der Waals surface area contributed by atoms with Crippen molar-refractivity contribution in [3.8, 4) is 0 Å². The Morgan fingerprint density at radius 3 is 2.53 bits per heavy atom. The molecule has 0 spiro atoms. The highest BCUT2D eigenvalue weighted by atomic mass is 15.2. The zero-order valence-electron chi connectivity index (χ0n) is 12.1. The number of hydrogen-bond acceptors (Lipinski definition) is 2. The molecule has 100 valence electrons. The van der Waals surface area contributed by atoms with Gasteiger partial charge in [0.1, 0.15) is 0 Å². The second-order valence-corrected chi connectivity index (χ2v) is 6.85. The minimum Gasteiger partial charge on any atom is -0.313 e. The van der Waals surface area contributed by atoms with Crippen LogP contribution in [0.5, 0.6) is 0 Å². The molecule has 17 heavy (non-hydrogen) atoms. The Morgan fingerprint density at radius 2 is 1.94 bits per heavy atom. The Bertz CT molecular complexity index is 245. The van der Waals surface area contributed by atoms with E-state index in [4.69, 9.17) is 0 Å². The molecule has 2 aliphatic rings. The molecule has 2 nitrogen and oxygen atoms in total. The summed E-state index contributed by atoms with van der Waals surface area (Å²) in [5.41, 5.74) is 0.476. The van der Waals surface area contributed by atoms with Crippen molar-refractivity contribution in [2.45, 2.75) is 65.0 Å². The summed E-state index contributed by atoms with van der Waals surface area (Å²) in [7, 11) is 2.32. The van der Waals surface area contributed by atoms with E-state index in [1.807, 2.05) is 0 Å². The van der Waals surface area contributed by atoms with Crippen LogP contribution in [0.3, 0.4) is 0 Å². The fourth-order valence-electron chi connectivity index (χ4n) is 3.67. The topological polar surface area (TPSA) is 15.3 Å². The number of rotatable bonds is 5. The van der Waals surface area contributed by atoms with Gasteiger partial charge in [-0.3, -0.25) is 0 Å². The summed E-state index contributed by atoms with van der Waals surface area (Å²) in [6.07, 6.45) is 7.07. The van der Waals surface area contributed by atoms with Crippen molar-refractivity contribution in [2.24, 2.45) is 11.3 Å². The third kappa shape index (κ3) is 3.23. The lowest BCUT2D eigenvalue weighted by atomic mass is 9.67. The standard InChI is InChI=1S/C15H30N2/c1-5-16-14-12(7-6-10-15(14,2)3)11-17(4)13-8-9-13/h12-14,16H,5-11H2,1-4H3. The summed E-state index contributed by atoms with van der Waals surface area (Å²) in [5.74, 6) is 0.851. The molecule has 2 atom stereocenters. The lowest BCUT2D eigenvalue weighted by Crippen LogP contribution is -2.52. The fourth-order valence-corrected chi connectivity index (χ4v) is 3.67. The van der Waals surface area contributed by atoms with Gasteiger partial charge in [-0.15, -0.1) is 0 Å². The summed E-state index contributed by atoms with van der Waals surface area (Å²) < 4.78 is 0. The maximum Gasteiger partial charge on any atom is 0.0159 e. The maximum atomic E-state index is 3.76. The molecular formula is C15H30N2. The molecule has 0 aliphatic heterocycles.